The van der Waals surface area contributed by atoms with Crippen LogP contribution in [0.5, 0.6) is 5.75 Å². The fourth-order valence-electron chi connectivity index (χ4n) is 4.98. The van der Waals surface area contributed by atoms with E-state index in [1.54, 1.807) is 0 Å². The van der Waals surface area contributed by atoms with Crippen LogP contribution in [-0.4, -0.2) is 90.3 Å². The minimum atomic E-state index is -1.82. The Morgan fingerprint density at radius 3 is 2.05 bits per heavy atom. The third-order valence-corrected chi connectivity index (χ3v) is 7.00. The zero-order valence-corrected chi connectivity index (χ0v) is 22.1. The van der Waals surface area contributed by atoms with Crippen molar-refractivity contribution in [3.63, 3.8) is 0 Å². The summed E-state index contributed by atoms with van der Waals surface area (Å²) < 4.78 is 5.80. The summed E-state index contributed by atoms with van der Waals surface area (Å²) in [6.07, 6.45) is 4.32. The number of aryl methyl sites for hydroxylation is 1. The zero-order chi connectivity index (χ0) is 27.3. The molecular formula is C29H39N3O6. The molecule has 0 saturated carbocycles. The van der Waals surface area contributed by atoms with Crippen molar-refractivity contribution in [2.75, 3.05) is 57.3 Å². The van der Waals surface area contributed by atoms with Crippen LogP contribution in [-0.2, 0) is 20.8 Å². The van der Waals surface area contributed by atoms with Gasteiger partial charge in [0.15, 0.2) is 0 Å². The summed E-state index contributed by atoms with van der Waals surface area (Å²) in [5.41, 5.74) is 2.56. The van der Waals surface area contributed by atoms with Gasteiger partial charge < -0.3 is 29.6 Å². The molecule has 0 spiro atoms. The Balaban J connectivity index is 0.000000599. The number of carboxylic acid groups (broad SMARTS) is 2. The molecule has 2 saturated heterocycles. The number of carbonyl (C=O) groups excluding carboxylic acids is 1. The first-order valence-corrected chi connectivity index (χ1v) is 13.4. The number of anilines is 1. The molecule has 38 heavy (non-hydrogen) atoms. The highest BCUT2D eigenvalue weighted by atomic mass is 16.5. The average molecular weight is 526 g/mol. The molecule has 0 atom stereocenters. The number of ether oxygens (including phenoxy) is 1. The van der Waals surface area contributed by atoms with Crippen molar-refractivity contribution in [1.82, 2.24) is 9.80 Å². The number of hydrogen-bond acceptors (Lipinski definition) is 6. The highest BCUT2D eigenvalue weighted by Gasteiger charge is 2.30. The summed E-state index contributed by atoms with van der Waals surface area (Å²) in [5.74, 6) is -2.14. The summed E-state index contributed by atoms with van der Waals surface area (Å²) in [4.78, 5) is 38.3. The molecule has 2 heterocycles. The summed E-state index contributed by atoms with van der Waals surface area (Å²) in [5, 5.41) is 14.8. The largest absolute Gasteiger partial charge is 0.492 e. The van der Waals surface area contributed by atoms with Gasteiger partial charge in [-0.2, -0.15) is 0 Å². The predicted molar refractivity (Wildman–Crippen MR) is 146 cm³/mol. The van der Waals surface area contributed by atoms with Gasteiger partial charge in [-0.1, -0.05) is 42.5 Å². The van der Waals surface area contributed by atoms with Crippen molar-refractivity contribution in [3.05, 3.63) is 60.2 Å². The van der Waals surface area contributed by atoms with E-state index < -0.39 is 11.9 Å². The molecule has 4 rings (SSSR count). The van der Waals surface area contributed by atoms with Crippen LogP contribution < -0.4 is 9.64 Å². The van der Waals surface area contributed by atoms with Crippen LogP contribution >= 0.6 is 0 Å². The first-order chi connectivity index (χ1) is 18.4. The lowest BCUT2D eigenvalue weighted by atomic mass is 9.94. The number of benzene rings is 2. The number of amides is 1. The van der Waals surface area contributed by atoms with E-state index in [1.807, 2.05) is 19.1 Å². The molecular weight excluding hydrogens is 486 g/mol. The van der Waals surface area contributed by atoms with Crippen LogP contribution in [0.3, 0.4) is 0 Å². The van der Waals surface area contributed by atoms with Crippen LogP contribution in [0.25, 0.3) is 0 Å². The number of aliphatic carboxylic acids is 2. The molecule has 2 aromatic carbocycles. The second kappa shape index (κ2) is 15.0. The molecule has 9 nitrogen and oxygen atoms in total. The smallest absolute Gasteiger partial charge is 0.414 e. The minimum absolute atomic E-state index is 0.197. The molecule has 0 aliphatic carbocycles. The fourth-order valence-corrected chi connectivity index (χ4v) is 4.98. The monoisotopic (exact) mass is 525 g/mol. The van der Waals surface area contributed by atoms with Crippen LogP contribution in [0.1, 0.15) is 31.7 Å². The lowest BCUT2D eigenvalue weighted by Crippen LogP contribution is -2.51. The van der Waals surface area contributed by atoms with E-state index in [2.05, 4.69) is 57.2 Å². The first kappa shape index (κ1) is 29.0. The maximum atomic E-state index is 13.1. The summed E-state index contributed by atoms with van der Waals surface area (Å²) in [6.45, 7) is 9.26. The van der Waals surface area contributed by atoms with Gasteiger partial charge in [-0.25, -0.2) is 9.59 Å². The van der Waals surface area contributed by atoms with Crippen molar-refractivity contribution < 1.29 is 29.3 Å². The normalized spacial score (nSPS) is 16.3. The lowest BCUT2D eigenvalue weighted by Gasteiger charge is -2.39. The third kappa shape index (κ3) is 8.76. The second-order valence-corrected chi connectivity index (χ2v) is 9.53. The van der Waals surface area contributed by atoms with Crippen molar-refractivity contribution in [2.24, 2.45) is 5.92 Å². The molecule has 0 unspecified atom stereocenters. The molecule has 9 heteroatoms. The number of piperidine rings is 1. The van der Waals surface area contributed by atoms with Gasteiger partial charge in [0.05, 0.1) is 12.3 Å². The SMILES string of the molecule is CCOc1ccccc1N1CCN(C(=O)C2CCN(CCCc3ccccc3)CC2)CC1.O=C(O)C(=O)O. The van der Waals surface area contributed by atoms with E-state index in [0.717, 1.165) is 76.5 Å². The van der Waals surface area contributed by atoms with Crippen molar-refractivity contribution >= 4 is 23.5 Å². The Morgan fingerprint density at radius 2 is 1.45 bits per heavy atom. The number of para-hydroxylation sites is 2. The fraction of sp³-hybridized carbons (Fsp3) is 0.483. The number of hydrogen-bond donors (Lipinski definition) is 2. The maximum absolute atomic E-state index is 13.1. The van der Waals surface area contributed by atoms with Gasteiger partial charge in [-0.15, -0.1) is 0 Å². The molecule has 2 N–H and O–H groups in total. The van der Waals surface area contributed by atoms with Crippen LogP contribution in [0.2, 0.25) is 0 Å². The predicted octanol–water partition coefficient (Wildman–Crippen LogP) is 3.23. The molecule has 1 amide bonds. The topological polar surface area (TPSA) is 111 Å². The van der Waals surface area contributed by atoms with E-state index in [1.165, 1.54) is 12.0 Å². The number of nitrogens with zero attached hydrogens (tertiary/aromatic N) is 3. The van der Waals surface area contributed by atoms with E-state index in [4.69, 9.17) is 24.5 Å². The Kier molecular flexibility index (Phi) is 11.4. The quantitative estimate of drug-likeness (QED) is 0.506. The van der Waals surface area contributed by atoms with Crippen molar-refractivity contribution in [1.29, 1.82) is 0 Å². The maximum Gasteiger partial charge on any atom is 0.414 e. The first-order valence-electron chi connectivity index (χ1n) is 13.4. The van der Waals surface area contributed by atoms with Gasteiger partial charge in [0, 0.05) is 32.1 Å². The molecule has 0 aromatic heterocycles. The van der Waals surface area contributed by atoms with E-state index in [-0.39, 0.29) is 5.92 Å². The molecule has 2 aliphatic rings. The highest BCUT2D eigenvalue weighted by molar-refractivity contribution is 6.27. The minimum Gasteiger partial charge on any atom is -0.492 e. The summed E-state index contributed by atoms with van der Waals surface area (Å²) >= 11 is 0. The molecule has 2 aliphatic heterocycles. The Morgan fingerprint density at radius 1 is 0.842 bits per heavy atom. The van der Waals surface area contributed by atoms with Gasteiger partial charge in [0.1, 0.15) is 5.75 Å². The molecule has 0 bridgehead atoms. The Bertz CT molecular complexity index is 1020. The summed E-state index contributed by atoms with van der Waals surface area (Å²) in [7, 11) is 0. The molecule has 2 aromatic rings. The second-order valence-electron chi connectivity index (χ2n) is 9.53. The number of piperazine rings is 1. The van der Waals surface area contributed by atoms with Crippen molar-refractivity contribution in [3.8, 4) is 5.75 Å². The average Bonchev–Trinajstić information content (AvgIpc) is 2.94. The van der Waals surface area contributed by atoms with E-state index in [0.29, 0.717) is 12.5 Å². The molecule has 0 radical (unpaired) electrons. The highest BCUT2D eigenvalue weighted by Crippen LogP contribution is 2.29. The van der Waals surface area contributed by atoms with E-state index in [9.17, 15) is 4.79 Å². The van der Waals surface area contributed by atoms with Gasteiger partial charge in [0.2, 0.25) is 5.91 Å². The van der Waals surface area contributed by atoms with E-state index >= 15 is 0 Å². The van der Waals surface area contributed by atoms with Crippen LogP contribution in [0, 0.1) is 5.92 Å². The zero-order valence-electron chi connectivity index (χ0n) is 22.1. The number of likely N-dealkylation sites (tertiary alicyclic amines) is 1. The lowest BCUT2D eigenvalue weighted by molar-refractivity contribution is -0.159. The van der Waals surface area contributed by atoms with Gasteiger partial charge in [0.25, 0.3) is 0 Å². The van der Waals surface area contributed by atoms with Gasteiger partial charge in [-0.3, -0.25) is 4.79 Å². The van der Waals surface area contributed by atoms with Gasteiger partial charge in [-0.05, 0) is 69.9 Å². The van der Waals surface area contributed by atoms with Crippen LogP contribution in [0.15, 0.2) is 54.6 Å². The summed E-state index contributed by atoms with van der Waals surface area (Å²) in [6, 6.07) is 18.9. The Hall–Kier alpha value is -3.59. The number of carboxylic acids is 2. The van der Waals surface area contributed by atoms with Gasteiger partial charge >= 0.3 is 11.9 Å². The standard InChI is InChI=1S/C27H37N3O2.C2H2O4/c1-2-32-26-13-7-6-12-25(26)29-19-21-30(22-20-29)27(31)24-14-17-28(18-15-24)16-8-11-23-9-4-3-5-10-23;3-1(4)2(5)6/h3-7,9-10,12-13,24H,2,8,11,14-22H2,1H3;(H,3,4)(H,5,6). The molecule has 206 valence electrons. The van der Waals surface area contributed by atoms with Crippen LogP contribution in [0.4, 0.5) is 5.69 Å². The number of carbonyl (C=O) groups is 3. The molecule has 2 fully saturated rings. The number of rotatable bonds is 8. The van der Waals surface area contributed by atoms with Crippen molar-refractivity contribution in [2.45, 2.75) is 32.6 Å². The third-order valence-electron chi connectivity index (χ3n) is 7.00. The Labute approximate surface area is 224 Å².